The SMILES string of the molecule is O=C(O)CC[C@H](NC(=O)[C@H](CO)NC(=O)OCc1ccccc1)C(=O)O. The maximum atomic E-state index is 12.0. The number of carboxylic acid groups (broad SMARTS) is 2. The molecule has 142 valence electrons. The standard InChI is InChI=1S/C16H20N2O8/c19-8-12(14(22)17-11(15(23)24)6-7-13(20)21)18-16(25)26-9-10-4-2-1-3-5-10/h1-5,11-12,19H,6-9H2,(H,17,22)(H,18,25)(H,20,21)(H,23,24)/t11-,12-/m0/s1. The van der Waals surface area contributed by atoms with Gasteiger partial charge < -0.3 is 30.7 Å². The number of rotatable bonds is 10. The van der Waals surface area contributed by atoms with Crippen LogP contribution in [0.3, 0.4) is 0 Å². The molecular weight excluding hydrogens is 348 g/mol. The maximum absolute atomic E-state index is 12.0. The highest BCUT2D eigenvalue weighted by molar-refractivity contribution is 5.89. The van der Waals surface area contributed by atoms with Gasteiger partial charge in [-0.2, -0.15) is 0 Å². The highest BCUT2D eigenvalue weighted by Gasteiger charge is 2.26. The molecule has 1 rings (SSSR count). The number of aliphatic carboxylic acids is 2. The lowest BCUT2D eigenvalue weighted by Crippen LogP contribution is -2.53. The van der Waals surface area contributed by atoms with Crippen molar-refractivity contribution in [3.63, 3.8) is 0 Å². The molecule has 1 aromatic rings. The number of carboxylic acids is 2. The van der Waals surface area contributed by atoms with Gasteiger partial charge in [0.15, 0.2) is 0 Å². The van der Waals surface area contributed by atoms with Gasteiger partial charge in [0.2, 0.25) is 5.91 Å². The molecule has 5 N–H and O–H groups in total. The van der Waals surface area contributed by atoms with Crippen LogP contribution in [0.1, 0.15) is 18.4 Å². The molecule has 0 saturated carbocycles. The normalized spacial score (nSPS) is 12.5. The molecule has 0 heterocycles. The Balaban J connectivity index is 2.54. The van der Waals surface area contributed by atoms with E-state index in [0.717, 1.165) is 0 Å². The Labute approximate surface area is 148 Å². The molecule has 0 unspecified atom stereocenters. The Hall–Kier alpha value is -3.14. The third kappa shape index (κ3) is 7.62. The van der Waals surface area contributed by atoms with Crippen LogP contribution in [0.4, 0.5) is 4.79 Å². The second-order valence-electron chi connectivity index (χ2n) is 5.27. The van der Waals surface area contributed by atoms with Gasteiger partial charge in [-0.15, -0.1) is 0 Å². The summed E-state index contributed by atoms with van der Waals surface area (Å²) in [4.78, 5) is 45.3. The minimum Gasteiger partial charge on any atom is -0.481 e. The second kappa shape index (κ2) is 10.7. The van der Waals surface area contributed by atoms with E-state index in [9.17, 15) is 24.3 Å². The number of carbonyl (C=O) groups excluding carboxylic acids is 2. The number of aliphatic hydroxyl groups is 1. The van der Waals surface area contributed by atoms with E-state index >= 15 is 0 Å². The van der Waals surface area contributed by atoms with Gasteiger partial charge in [0.25, 0.3) is 0 Å². The number of hydrogen-bond acceptors (Lipinski definition) is 6. The molecule has 2 amide bonds. The Morgan fingerprint density at radius 3 is 2.19 bits per heavy atom. The lowest BCUT2D eigenvalue weighted by molar-refractivity contribution is -0.143. The van der Waals surface area contributed by atoms with Gasteiger partial charge in [0.05, 0.1) is 6.61 Å². The van der Waals surface area contributed by atoms with Crippen molar-refractivity contribution in [3.8, 4) is 0 Å². The van der Waals surface area contributed by atoms with Crippen LogP contribution in [-0.4, -0.2) is 57.9 Å². The first-order valence-electron chi connectivity index (χ1n) is 7.66. The van der Waals surface area contributed by atoms with E-state index in [-0.39, 0.29) is 13.0 Å². The zero-order chi connectivity index (χ0) is 19.5. The third-order valence-corrected chi connectivity index (χ3v) is 3.27. The van der Waals surface area contributed by atoms with Gasteiger partial charge >= 0.3 is 18.0 Å². The van der Waals surface area contributed by atoms with Crippen LogP contribution >= 0.6 is 0 Å². The first-order valence-corrected chi connectivity index (χ1v) is 7.66. The fraction of sp³-hybridized carbons (Fsp3) is 0.375. The summed E-state index contributed by atoms with van der Waals surface area (Å²) in [6.07, 6.45) is -1.78. The van der Waals surface area contributed by atoms with E-state index in [1.807, 2.05) is 0 Å². The summed E-state index contributed by atoms with van der Waals surface area (Å²) in [5.41, 5.74) is 0.715. The van der Waals surface area contributed by atoms with E-state index < -0.39 is 49.1 Å². The van der Waals surface area contributed by atoms with Crippen LogP contribution in [0, 0.1) is 0 Å². The maximum Gasteiger partial charge on any atom is 0.408 e. The molecule has 0 radical (unpaired) electrons. The van der Waals surface area contributed by atoms with Crippen molar-refractivity contribution >= 4 is 23.9 Å². The van der Waals surface area contributed by atoms with E-state index in [1.165, 1.54) is 0 Å². The minimum atomic E-state index is -1.46. The molecule has 0 saturated heterocycles. The molecule has 0 aliphatic rings. The summed E-state index contributed by atoms with van der Waals surface area (Å²) in [5.74, 6) is -3.61. The largest absolute Gasteiger partial charge is 0.481 e. The van der Waals surface area contributed by atoms with E-state index in [2.05, 4.69) is 10.6 Å². The van der Waals surface area contributed by atoms with Gasteiger partial charge in [0.1, 0.15) is 18.7 Å². The van der Waals surface area contributed by atoms with Crippen molar-refractivity contribution in [2.24, 2.45) is 0 Å². The summed E-state index contributed by atoms with van der Waals surface area (Å²) in [6, 6.07) is 5.85. The molecule has 1 aromatic carbocycles. The molecule has 0 fully saturated rings. The molecule has 2 atom stereocenters. The topological polar surface area (TPSA) is 162 Å². The molecule has 10 nitrogen and oxygen atoms in total. The van der Waals surface area contributed by atoms with Crippen LogP contribution in [0.2, 0.25) is 0 Å². The van der Waals surface area contributed by atoms with Crippen LogP contribution in [0.25, 0.3) is 0 Å². The van der Waals surface area contributed by atoms with E-state index in [4.69, 9.17) is 14.9 Å². The third-order valence-electron chi connectivity index (χ3n) is 3.27. The number of benzene rings is 1. The van der Waals surface area contributed by atoms with Crippen molar-refractivity contribution in [1.82, 2.24) is 10.6 Å². The predicted molar refractivity (Wildman–Crippen MR) is 87.1 cm³/mol. The van der Waals surface area contributed by atoms with Gasteiger partial charge in [-0.05, 0) is 12.0 Å². The lowest BCUT2D eigenvalue weighted by atomic mass is 10.1. The van der Waals surface area contributed by atoms with Gasteiger partial charge in [-0.3, -0.25) is 9.59 Å². The predicted octanol–water partition coefficient (Wildman–Crippen LogP) is -0.292. The van der Waals surface area contributed by atoms with Crippen molar-refractivity contribution in [1.29, 1.82) is 0 Å². The van der Waals surface area contributed by atoms with E-state index in [1.54, 1.807) is 30.3 Å². The summed E-state index contributed by atoms with van der Waals surface area (Å²) >= 11 is 0. The molecule has 0 aromatic heterocycles. The van der Waals surface area contributed by atoms with E-state index in [0.29, 0.717) is 5.56 Å². The first-order chi connectivity index (χ1) is 12.3. The molecular formula is C16H20N2O8. The first kappa shape index (κ1) is 20.9. The van der Waals surface area contributed by atoms with Gasteiger partial charge in [-0.25, -0.2) is 9.59 Å². The molecule has 10 heteroatoms. The fourth-order valence-corrected chi connectivity index (χ4v) is 1.90. The van der Waals surface area contributed by atoms with Crippen molar-refractivity contribution in [2.45, 2.75) is 31.5 Å². The monoisotopic (exact) mass is 368 g/mol. The number of ether oxygens (including phenoxy) is 1. The summed E-state index contributed by atoms with van der Waals surface area (Å²) < 4.78 is 4.91. The Kier molecular flexibility index (Phi) is 8.58. The van der Waals surface area contributed by atoms with Crippen molar-refractivity contribution in [2.75, 3.05) is 6.61 Å². The number of aliphatic hydroxyl groups excluding tert-OH is 1. The zero-order valence-electron chi connectivity index (χ0n) is 13.8. The smallest absolute Gasteiger partial charge is 0.408 e. The quantitative estimate of drug-likeness (QED) is 0.376. The number of alkyl carbamates (subject to hydrolysis) is 1. The van der Waals surface area contributed by atoms with Crippen LogP contribution in [0.5, 0.6) is 0 Å². The Bertz CT molecular complexity index is 634. The second-order valence-corrected chi connectivity index (χ2v) is 5.27. The molecule has 0 aliphatic heterocycles. The average Bonchev–Trinajstić information content (AvgIpc) is 2.61. The van der Waals surface area contributed by atoms with Crippen molar-refractivity contribution < 1.29 is 39.2 Å². The average molecular weight is 368 g/mol. The molecule has 0 bridgehead atoms. The van der Waals surface area contributed by atoms with Crippen LogP contribution in [0.15, 0.2) is 30.3 Å². The number of nitrogens with one attached hydrogen (secondary N) is 2. The Morgan fingerprint density at radius 1 is 1.00 bits per heavy atom. The number of carbonyl (C=O) groups is 4. The molecule has 0 aliphatic carbocycles. The minimum absolute atomic E-state index is 0.0528. The summed E-state index contributed by atoms with van der Waals surface area (Å²) in [7, 11) is 0. The van der Waals surface area contributed by atoms with Crippen LogP contribution in [-0.2, 0) is 25.7 Å². The zero-order valence-corrected chi connectivity index (χ0v) is 13.8. The fourth-order valence-electron chi connectivity index (χ4n) is 1.90. The lowest BCUT2D eigenvalue weighted by Gasteiger charge is -2.19. The molecule has 0 spiro atoms. The molecule has 26 heavy (non-hydrogen) atoms. The Morgan fingerprint density at radius 2 is 1.65 bits per heavy atom. The number of amides is 2. The summed E-state index contributed by atoms with van der Waals surface area (Å²) in [5, 5.41) is 31.0. The van der Waals surface area contributed by atoms with Gasteiger partial charge in [0, 0.05) is 6.42 Å². The highest BCUT2D eigenvalue weighted by atomic mass is 16.5. The highest BCUT2D eigenvalue weighted by Crippen LogP contribution is 2.02. The number of hydrogen-bond donors (Lipinski definition) is 5. The summed E-state index contributed by atoms with van der Waals surface area (Å²) in [6.45, 7) is -0.847. The van der Waals surface area contributed by atoms with Crippen LogP contribution < -0.4 is 10.6 Å². The van der Waals surface area contributed by atoms with Crippen molar-refractivity contribution in [3.05, 3.63) is 35.9 Å². The van der Waals surface area contributed by atoms with Gasteiger partial charge in [-0.1, -0.05) is 30.3 Å².